The normalized spacial score (nSPS) is 14.0. The molecule has 0 spiro atoms. The fraction of sp³-hybridized carbons (Fsp3) is 0. The standard InChI is InChI=1S/C14H12N6/c1-2-13(9-14-11(1)3-8-16-14)19-10-17-18-20(19)12-4-6-15-7-5-12/h1-10,16,18H. The van der Waals surface area contributed by atoms with Crippen molar-refractivity contribution in [2.45, 2.75) is 0 Å². The quantitative estimate of drug-likeness (QED) is 0.745. The van der Waals surface area contributed by atoms with Crippen LogP contribution < -0.4 is 15.7 Å². The fourth-order valence-corrected chi connectivity index (χ4v) is 2.26. The number of fused-ring (bicyclic) bond motifs is 1. The maximum atomic E-state index is 4.11. The second kappa shape index (κ2) is 4.27. The summed E-state index contributed by atoms with van der Waals surface area (Å²) in [7, 11) is 0. The first kappa shape index (κ1) is 10.9. The number of rotatable bonds is 2. The van der Waals surface area contributed by atoms with Crippen LogP contribution in [0.4, 0.5) is 11.4 Å². The van der Waals surface area contributed by atoms with E-state index in [0.717, 1.165) is 16.9 Å². The SMILES string of the molecule is C1=NNN(c2ccncc2)N1c1ccc2cc[nH]c2c1. The zero-order chi connectivity index (χ0) is 13.4. The Morgan fingerprint density at radius 2 is 1.85 bits per heavy atom. The summed E-state index contributed by atoms with van der Waals surface area (Å²) >= 11 is 0. The van der Waals surface area contributed by atoms with E-state index in [1.54, 1.807) is 18.7 Å². The number of anilines is 2. The van der Waals surface area contributed by atoms with Crippen LogP contribution in [-0.4, -0.2) is 16.3 Å². The number of H-pyrrole nitrogens is 1. The van der Waals surface area contributed by atoms with Gasteiger partial charge in [0.05, 0.1) is 11.4 Å². The minimum atomic E-state index is 0.962. The molecule has 2 aromatic heterocycles. The lowest BCUT2D eigenvalue weighted by Crippen LogP contribution is -2.43. The highest BCUT2D eigenvalue weighted by Gasteiger charge is 2.19. The van der Waals surface area contributed by atoms with E-state index >= 15 is 0 Å². The van der Waals surface area contributed by atoms with E-state index in [-0.39, 0.29) is 0 Å². The molecule has 6 nitrogen and oxygen atoms in total. The number of hydrazone groups is 1. The Bertz CT molecular complexity index is 763. The van der Waals surface area contributed by atoms with Gasteiger partial charge < -0.3 is 4.98 Å². The van der Waals surface area contributed by atoms with Crippen molar-refractivity contribution in [3.05, 3.63) is 55.0 Å². The molecule has 2 N–H and O–H groups in total. The number of aromatic nitrogens is 2. The van der Waals surface area contributed by atoms with Gasteiger partial charge in [-0.3, -0.25) is 4.98 Å². The van der Waals surface area contributed by atoms with Gasteiger partial charge in [0.1, 0.15) is 6.34 Å². The predicted octanol–water partition coefficient (Wildman–Crippen LogP) is 2.25. The first-order valence-electron chi connectivity index (χ1n) is 6.27. The molecule has 0 atom stereocenters. The lowest BCUT2D eigenvalue weighted by molar-refractivity contribution is 0.722. The fourth-order valence-electron chi connectivity index (χ4n) is 2.26. The molecule has 1 aromatic carbocycles. The Morgan fingerprint density at radius 1 is 0.950 bits per heavy atom. The molecule has 0 saturated heterocycles. The van der Waals surface area contributed by atoms with Crippen molar-refractivity contribution in [1.82, 2.24) is 15.5 Å². The summed E-state index contributed by atoms with van der Waals surface area (Å²) in [4.78, 5) is 7.25. The van der Waals surface area contributed by atoms with E-state index in [4.69, 9.17) is 0 Å². The van der Waals surface area contributed by atoms with E-state index in [9.17, 15) is 0 Å². The molecule has 0 radical (unpaired) electrons. The molecule has 0 saturated carbocycles. The van der Waals surface area contributed by atoms with Gasteiger partial charge in [-0.15, -0.1) is 5.10 Å². The highest BCUT2D eigenvalue weighted by Crippen LogP contribution is 2.25. The van der Waals surface area contributed by atoms with Gasteiger partial charge in [-0.1, -0.05) is 6.07 Å². The minimum Gasteiger partial charge on any atom is -0.361 e. The number of hydrogen-bond donors (Lipinski definition) is 2. The van der Waals surface area contributed by atoms with Gasteiger partial charge in [0.2, 0.25) is 0 Å². The lowest BCUT2D eigenvalue weighted by Gasteiger charge is -2.27. The Labute approximate surface area is 115 Å². The topological polar surface area (TPSA) is 59.6 Å². The molecule has 98 valence electrons. The summed E-state index contributed by atoms with van der Waals surface area (Å²) in [6.45, 7) is 0. The van der Waals surface area contributed by atoms with Crippen LogP contribution in [-0.2, 0) is 0 Å². The predicted molar refractivity (Wildman–Crippen MR) is 79.1 cm³/mol. The van der Waals surface area contributed by atoms with Crippen molar-refractivity contribution in [2.75, 3.05) is 10.1 Å². The molecule has 0 bridgehead atoms. The molecule has 0 amide bonds. The number of nitrogens with zero attached hydrogens (tertiary/aromatic N) is 4. The summed E-state index contributed by atoms with van der Waals surface area (Å²) in [5, 5.41) is 9.09. The van der Waals surface area contributed by atoms with Crippen LogP contribution in [0.15, 0.2) is 60.1 Å². The van der Waals surface area contributed by atoms with E-state index in [1.165, 1.54) is 5.39 Å². The summed E-state index contributed by atoms with van der Waals surface area (Å²) in [6.07, 6.45) is 7.18. The molecular weight excluding hydrogens is 252 g/mol. The summed E-state index contributed by atoms with van der Waals surface area (Å²) in [5.41, 5.74) is 6.03. The highest BCUT2D eigenvalue weighted by molar-refractivity contribution is 5.90. The summed E-state index contributed by atoms with van der Waals surface area (Å²) < 4.78 is 0. The molecule has 4 rings (SSSR count). The van der Waals surface area contributed by atoms with Crippen LogP contribution in [0.2, 0.25) is 0 Å². The van der Waals surface area contributed by atoms with Gasteiger partial charge in [-0.05, 0) is 35.7 Å². The first-order chi connectivity index (χ1) is 9.92. The molecule has 0 aliphatic carbocycles. The molecule has 6 heteroatoms. The third kappa shape index (κ3) is 1.66. The average molecular weight is 264 g/mol. The van der Waals surface area contributed by atoms with Gasteiger partial charge in [0.15, 0.2) is 0 Å². The third-order valence-electron chi connectivity index (χ3n) is 3.25. The van der Waals surface area contributed by atoms with Crippen molar-refractivity contribution in [3.63, 3.8) is 0 Å². The van der Waals surface area contributed by atoms with Crippen LogP contribution in [0, 0.1) is 0 Å². The molecule has 0 unspecified atom stereocenters. The lowest BCUT2D eigenvalue weighted by atomic mass is 10.2. The maximum Gasteiger partial charge on any atom is 0.139 e. The molecular formula is C14H12N6. The zero-order valence-corrected chi connectivity index (χ0v) is 10.6. The molecule has 0 fully saturated rings. The first-order valence-corrected chi connectivity index (χ1v) is 6.27. The van der Waals surface area contributed by atoms with Crippen molar-refractivity contribution in [2.24, 2.45) is 5.10 Å². The van der Waals surface area contributed by atoms with Crippen molar-refractivity contribution in [3.8, 4) is 0 Å². The van der Waals surface area contributed by atoms with Gasteiger partial charge in [0.25, 0.3) is 0 Å². The van der Waals surface area contributed by atoms with Crippen LogP contribution in [0.5, 0.6) is 0 Å². The number of hydrogen-bond acceptors (Lipinski definition) is 5. The maximum absolute atomic E-state index is 4.11. The van der Waals surface area contributed by atoms with Crippen molar-refractivity contribution >= 4 is 28.6 Å². The van der Waals surface area contributed by atoms with E-state index in [0.29, 0.717) is 0 Å². The molecule has 20 heavy (non-hydrogen) atoms. The van der Waals surface area contributed by atoms with Gasteiger partial charge in [0, 0.05) is 24.1 Å². The number of nitrogens with one attached hydrogen (secondary N) is 2. The zero-order valence-electron chi connectivity index (χ0n) is 10.6. The van der Waals surface area contributed by atoms with Gasteiger partial charge in [-0.2, -0.15) is 10.7 Å². The molecule has 3 aromatic rings. The van der Waals surface area contributed by atoms with Crippen LogP contribution >= 0.6 is 0 Å². The Kier molecular flexibility index (Phi) is 2.32. The van der Waals surface area contributed by atoms with Gasteiger partial charge >= 0.3 is 0 Å². The number of aromatic amines is 1. The monoisotopic (exact) mass is 264 g/mol. The second-order valence-corrected chi connectivity index (χ2v) is 4.46. The van der Waals surface area contributed by atoms with Crippen molar-refractivity contribution < 1.29 is 0 Å². The third-order valence-corrected chi connectivity index (χ3v) is 3.25. The average Bonchev–Trinajstić information content (AvgIpc) is 3.16. The Morgan fingerprint density at radius 3 is 2.75 bits per heavy atom. The second-order valence-electron chi connectivity index (χ2n) is 4.46. The highest BCUT2D eigenvalue weighted by atomic mass is 15.9. The van der Waals surface area contributed by atoms with E-state index in [1.807, 2.05) is 28.5 Å². The molecule has 1 aliphatic heterocycles. The van der Waals surface area contributed by atoms with Crippen LogP contribution in [0.3, 0.4) is 0 Å². The molecule has 3 heterocycles. The minimum absolute atomic E-state index is 0.962. The van der Waals surface area contributed by atoms with Gasteiger partial charge in [-0.25, -0.2) is 5.01 Å². The Hall–Kier alpha value is -3.02. The van der Waals surface area contributed by atoms with E-state index in [2.05, 4.69) is 44.9 Å². The number of benzene rings is 1. The van der Waals surface area contributed by atoms with Crippen LogP contribution in [0.25, 0.3) is 10.9 Å². The summed E-state index contributed by atoms with van der Waals surface area (Å²) in [6, 6.07) is 12.1. The smallest absolute Gasteiger partial charge is 0.139 e. The summed E-state index contributed by atoms with van der Waals surface area (Å²) in [5.74, 6) is 0. The van der Waals surface area contributed by atoms with Crippen molar-refractivity contribution in [1.29, 1.82) is 0 Å². The van der Waals surface area contributed by atoms with E-state index < -0.39 is 0 Å². The van der Waals surface area contributed by atoms with Crippen LogP contribution in [0.1, 0.15) is 0 Å². The number of pyridine rings is 1. The number of hydrazine groups is 2. The largest absolute Gasteiger partial charge is 0.361 e. The Balaban J connectivity index is 1.74. The molecule has 1 aliphatic rings.